The SMILES string of the molecule is N#CC1=C(N)SC(=N)[C@@H](C#N)[C@H]1c1ccc([N+](=O)[O-])cc1. The maximum Gasteiger partial charge on any atom is 0.269 e. The Labute approximate surface area is 124 Å². The van der Waals surface area contributed by atoms with Crippen molar-refractivity contribution in [3.63, 3.8) is 0 Å². The number of hydrogen-bond donors (Lipinski definition) is 2. The maximum atomic E-state index is 10.7. The Morgan fingerprint density at radius 1 is 1.33 bits per heavy atom. The van der Waals surface area contributed by atoms with Crippen molar-refractivity contribution in [2.45, 2.75) is 5.92 Å². The van der Waals surface area contributed by atoms with Crippen LogP contribution < -0.4 is 5.73 Å². The number of benzene rings is 1. The van der Waals surface area contributed by atoms with Crippen LogP contribution >= 0.6 is 11.8 Å². The van der Waals surface area contributed by atoms with E-state index in [9.17, 15) is 20.6 Å². The molecule has 0 aliphatic carbocycles. The molecule has 0 fully saturated rings. The molecule has 0 radical (unpaired) electrons. The molecule has 1 aromatic rings. The normalized spacial score (nSPS) is 21.5. The fourth-order valence-electron chi connectivity index (χ4n) is 2.13. The van der Waals surface area contributed by atoms with Gasteiger partial charge >= 0.3 is 0 Å². The monoisotopic (exact) mass is 299 g/mol. The van der Waals surface area contributed by atoms with Crippen molar-refractivity contribution in [1.82, 2.24) is 0 Å². The molecule has 0 spiro atoms. The van der Waals surface area contributed by atoms with Gasteiger partial charge in [0.25, 0.3) is 5.69 Å². The lowest BCUT2D eigenvalue weighted by Crippen LogP contribution is -2.26. The van der Waals surface area contributed by atoms with Gasteiger partial charge in [0.1, 0.15) is 5.92 Å². The Morgan fingerprint density at radius 3 is 2.43 bits per heavy atom. The Bertz CT molecular complexity index is 726. The highest BCUT2D eigenvalue weighted by Gasteiger charge is 2.37. The van der Waals surface area contributed by atoms with Crippen LogP contribution in [0.4, 0.5) is 5.69 Å². The molecule has 8 heteroatoms. The van der Waals surface area contributed by atoms with E-state index in [1.54, 1.807) is 0 Å². The van der Waals surface area contributed by atoms with Crippen LogP contribution in [-0.2, 0) is 0 Å². The molecular formula is C13H9N5O2S. The number of hydrogen-bond acceptors (Lipinski definition) is 7. The van der Waals surface area contributed by atoms with Crippen molar-refractivity contribution in [2.24, 2.45) is 11.7 Å². The number of nitriles is 2. The van der Waals surface area contributed by atoms with Gasteiger partial charge in [0.2, 0.25) is 0 Å². The number of nitrogens with two attached hydrogens (primary N) is 1. The van der Waals surface area contributed by atoms with Gasteiger partial charge < -0.3 is 5.73 Å². The van der Waals surface area contributed by atoms with Crippen molar-refractivity contribution in [3.8, 4) is 12.1 Å². The van der Waals surface area contributed by atoms with Gasteiger partial charge in [0.05, 0.1) is 32.7 Å². The van der Waals surface area contributed by atoms with Crippen LogP contribution in [0, 0.1) is 44.1 Å². The molecule has 0 amide bonds. The minimum absolute atomic E-state index is 0.0670. The summed E-state index contributed by atoms with van der Waals surface area (Å²) >= 11 is 0.901. The average molecular weight is 299 g/mol. The van der Waals surface area contributed by atoms with Crippen LogP contribution in [0.2, 0.25) is 0 Å². The first kappa shape index (κ1) is 14.6. The third-order valence-electron chi connectivity index (χ3n) is 3.13. The van der Waals surface area contributed by atoms with Gasteiger partial charge in [-0.2, -0.15) is 10.5 Å². The lowest BCUT2D eigenvalue weighted by molar-refractivity contribution is -0.384. The molecule has 1 aromatic carbocycles. The molecule has 0 unspecified atom stereocenters. The van der Waals surface area contributed by atoms with Crippen molar-refractivity contribution in [2.75, 3.05) is 0 Å². The molecule has 0 saturated carbocycles. The number of non-ortho nitro benzene ring substituents is 1. The van der Waals surface area contributed by atoms with Crippen LogP contribution in [-0.4, -0.2) is 9.97 Å². The van der Waals surface area contributed by atoms with Gasteiger partial charge in [0.15, 0.2) is 0 Å². The summed E-state index contributed by atoms with van der Waals surface area (Å²) in [5, 5.41) is 37.3. The summed E-state index contributed by atoms with van der Waals surface area (Å²) in [6, 6.07) is 9.57. The molecule has 1 aliphatic rings. The topological polar surface area (TPSA) is 141 Å². The van der Waals surface area contributed by atoms with E-state index >= 15 is 0 Å². The largest absolute Gasteiger partial charge is 0.392 e. The molecule has 7 nitrogen and oxygen atoms in total. The highest BCUT2D eigenvalue weighted by atomic mass is 32.2. The molecule has 2 atom stereocenters. The molecule has 1 heterocycles. The van der Waals surface area contributed by atoms with E-state index < -0.39 is 16.8 Å². The fourth-order valence-corrected chi connectivity index (χ4v) is 2.96. The molecule has 104 valence electrons. The van der Waals surface area contributed by atoms with E-state index in [2.05, 4.69) is 0 Å². The first-order valence-electron chi connectivity index (χ1n) is 5.79. The standard InChI is InChI=1S/C13H9N5O2S/c14-5-9-11(10(6-15)13(17)21-12(9)16)7-1-3-8(4-2-7)18(19)20/h1-4,9,11,16H,17H2/t9-,11+/m0/s1. The van der Waals surface area contributed by atoms with E-state index in [1.807, 2.05) is 12.1 Å². The predicted octanol–water partition coefficient (Wildman–Crippen LogP) is 2.24. The Morgan fingerprint density at radius 2 is 1.95 bits per heavy atom. The maximum absolute atomic E-state index is 10.7. The van der Waals surface area contributed by atoms with Crippen LogP contribution in [0.1, 0.15) is 11.5 Å². The van der Waals surface area contributed by atoms with Gasteiger partial charge in [-0.3, -0.25) is 15.5 Å². The third-order valence-corrected chi connectivity index (χ3v) is 4.05. The summed E-state index contributed by atoms with van der Waals surface area (Å²) in [6.45, 7) is 0. The van der Waals surface area contributed by atoms with E-state index in [-0.39, 0.29) is 21.3 Å². The van der Waals surface area contributed by atoms with Crippen LogP contribution in [0.25, 0.3) is 0 Å². The van der Waals surface area contributed by atoms with Crippen LogP contribution in [0.5, 0.6) is 0 Å². The van der Waals surface area contributed by atoms with Crippen molar-refractivity contribution in [3.05, 3.63) is 50.5 Å². The third kappa shape index (κ3) is 2.57. The Balaban J connectivity index is 2.54. The number of allylic oxidation sites excluding steroid dienone is 1. The predicted molar refractivity (Wildman–Crippen MR) is 77.1 cm³/mol. The number of nitrogens with zero attached hydrogens (tertiary/aromatic N) is 3. The van der Waals surface area contributed by atoms with E-state index in [1.165, 1.54) is 24.3 Å². The Kier molecular flexibility index (Phi) is 3.92. The molecule has 0 bridgehead atoms. The second-order valence-electron chi connectivity index (χ2n) is 4.29. The van der Waals surface area contributed by atoms with Crippen LogP contribution in [0.3, 0.4) is 0 Å². The lowest BCUT2D eigenvalue weighted by Gasteiger charge is -2.27. The molecule has 0 aromatic heterocycles. The van der Waals surface area contributed by atoms with Crippen molar-refractivity contribution in [1.29, 1.82) is 15.9 Å². The minimum atomic E-state index is -0.821. The number of nitrogens with one attached hydrogen (secondary N) is 1. The first-order valence-corrected chi connectivity index (χ1v) is 6.61. The number of thioether (sulfide) groups is 1. The smallest absolute Gasteiger partial charge is 0.269 e. The summed E-state index contributed by atoms with van der Waals surface area (Å²) in [5.74, 6) is -1.49. The van der Waals surface area contributed by atoms with Gasteiger partial charge in [-0.05, 0) is 5.56 Å². The van der Waals surface area contributed by atoms with E-state index in [4.69, 9.17) is 11.1 Å². The number of nitro benzene ring substituents is 1. The van der Waals surface area contributed by atoms with Gasteiger partial charge in [0, 0.05) is 18.1 Å². The fraction of sp³-hybridized carbons (Fsp3) is 0.154. The summed E-state index contributed by atoms with van der Waals surface area (Å²) in [4.78, 5) is 10.1. The zero-order chi connectivity index (χ0) is 15.6. The van der Waals surface area contributed by atoms with Crippen LogP contribution in [0.15, 0.2) is 34.9 Å². The Hall–Kier alpha value is -2.84. The second kappa shape index (κ2) is 5.65. The van der Waals surface area contributed by atoms with Crippen molar-refractivity contribution < 1.29 is 4.92 Å². The highest BCUT2D eigenvalue weighted by molar-refractivity contribution is 8.17. The zero-order valence-electron chi connectivity index (χ0n) is 10.6. The summed E-state index contributed by atoms with van der Waals surface area (Å²) in [5.41, 5.74) is 6.46. The summed E-state index contributed by atoms with van der Waals surface area (Å²) < 4.78 is 0. The van der Waals surface area contributed by atoms with E-state index in [0.717, 1.165) is 11.8 Å². The number of rotatable bonds is 2. The molecular weight excluding hydrogens is 290 g/mol. The zero-order valence-corrected chi connectivity index (χ0v) is 11.4. The minimum Gasteiger partial charge on any atom is -0.392 e. The number of nitro groups is 1. The van der Waals surface area contributed by atoms with Crippen molar-refractivity contribution >= 4 is 22.5 Å². The first-order chi connectivity index (χ1) is 9.99. The second-order valence-corrected chi connectivity index (χ2v) is 5.37. The molecule has 3 N–H and O–H groups in total. The van der Waals surface area contributed by atoms with Gasteiger partial charge in [-0.15, -0.1) is 0 Å². The molecule has 0 saturated heterocycles. The molecule has 21 heavy (non-hydrogen) atoms. The molecule has 2 rings (SSSR count). The van der Waals surface area contributed by atoms with Gasteiger partial charge in [-0.25, -0.2) is 0 Å². The lowest BCUT2D eigenvalue weighted by atomic mass is 9.81. The average Bonchev–Trinajstić information content (AvgIpc) is 2.46. The summed E-state index contributed by atoms with van der Waals surface area (Å²) in [7, 11) is 0. The molecule has 1 aliphatic heterocycles. The van der Waals surface area contributed by atoms with Gasteiger partial charge in [-0.1, -0.05) is 23.9 Å². The highest BCUT2D eigenvalue weighted by Crippen LogP contribution is 2.42. The quantitative estimate of drug-likeness (QED) is 0.633. The summed E-state index contributed by atoms with van der Waals surface area (Å²) in [6.07, 6.45) is 0. The van der Waals surface area contributed by atoms with E-state index in [0.29, 0.717) is 5.56 Å².